The summed E-state index contributed by atoms with van der Waals surface area (Å²) in [5.74, 6) is 0.0179. The zero-order valence-corrected chi connectivity index (χ0v) is 13.1. The van der Waals surface area contributed by atoms with Crippen LogP contribution in [-0.4, -0.2) is 25.5 Å². The third kappa shape index (κ3) is 3.79. The van der Waals surface area contributed by atoms with Gasteiger partial charge in [0, 0.05) is 32.4 Å². The summed E-state index contributed by atoms with van der Waals surface area (Å²) in [6.45, 7) is 3.06. The standard InChI is InChI=1S/C12H16IN5O/c1-9-11(13)8-18(16-9)6-4-12(19)14-7-10-3-5-15-17(10)2/h3,5,8H,4,6-7H2,1-2H3,(H,14,19). The number of nitrogens with zero attached hydrogens (tertiary/aromatic N) is 4. The van der Waals surface area contributed by atoms with Crippen LogP contribution in [0.1, 0.15) is 17.8 Å². The van der Waals surface area contributed by atoms with Crippen LogP contribution in [-0.2, 0) is 24.9 Å². The third-order valence-corrected chi connectivity index (χ3v) is 3.90. The molecule has 7 heteroatoms. The molecular weight excluding hydrogens is 357 g/mol. The first kappa shape index (κ1) is 14.0. The number of rotatable bonds is 5. The molecule has 1 N–H and O–H groups in total. The van der Waals surface area contributed by atoms with E-state index in [9.17, 15) is 4.79 Å². The predicted molar refractivity (Wildman–Crippen MR) is 79.4 cm³/mol. The van der Waals surface area contributed by atoms with E-state index in [-0.39, 0.29) is 5.91 Å². The molecule has 0 radical (unpaired) electrons. The zero-order valence-electron chi connectivity index (χ0n) is 10.9. The highest BCUT2D eigenvalue weighted by Gasteiger charge is 2.06. The lowest BCUT2D eigenvalue weighted by atomic mass is 10.3. The summed E-state index contributed by atoms with van der Waals surface area (Å²) in [6, 6.07) is 1.89. The number of hydrogen-bond donors (Lipinski definition) is 1. The Kier molecular flexibility index (Phi) is 4.56. The summed E-state index contributed by atoms with van der Waals surface area (Å²) in [6.07, 6.45) is 4.09. The molecule has 0 aromatic carbocycles. The lowest BCUT2D eigenvalue weighted by Crippen LogP contribution is -2.25. The van der Waals surface area contributed by atoms with Crippen LogP contribution in [0.25, 0.3) is 0 Å². The van der Waals surface area contributed by atoms with Gasteiger partial charge in [0.05, 0.1) is 21.5 Å². The minimum atomic E-state index is 0.0179. The van der Waals surface area contributed by atoms with Gasteiger partial charge in [0.1, 0.15) is 0 Å². The van der Waals surface area contributed by atoms with Crippen molar-refractivity contribution in [2.24, 2.45) is 7.05 Å². The first-order valence-corrected chi connectivity index (χ1v) is 7.07. The molecule has 0 saturated heterocycles. The Morgan fingerprint density at radius 2 is 2.32 bits per heavy atom. The molecule has 102 valence electrons. The fraction of sp³-hybridized carbons (Fsp3) is 0.417. The maximum absolute atomic E-state index is 11.7. The Morgan fingerprint density at radius 3 is 2.89 bits per heavy atom. The number of amides is 1. The molecule has 0 atom stereocenters. The Morgan fingerprint density at radius 1 is 1.53 bits per heavy atom. The van der Waals surface area contributed by atoms with Gasteiger partial charge in [0.25, 0.3) is 0 Å². The van der Waals surface area contributed by atoms with Gasteiger partial charge >= 0.3 is 0 Å². The predicted octanol–water partition coefficient (Wildman–Crippen LogP) is 1.24. The van der Waals surface area contributed by atoms with Crippen LogP contribution in [0.4, 0.5) is 0 Å². The first-order valence-electron chi connectivity index (χ1n) is 5.99. The van der Waals surface area contributed by atoms with E-state index in [0.29, 0.717) is 19.5 Å². The number of carbonyl (C=O) groups is 1. The Bertz CT molecular complexity index is 555. The van der Waals surface area contributed by atoms with Crippen molar-refractivity contribution in [1.82, 2.24) is 24.9 Å². The van der Waals surface area contributed by atoms with Crippen LogP contribution in [0.2, 0.25) is 0 Å². The summed E-state index contributed by atoms with van der Waals surface area (Å²) in [5, 5.41) is 11.2. The molecule has 0 spiro atoms. The van der Waals surface area contributed by atoms with Crippen LogP contribution >= 0.6 is 22.6 Å². The molecule has 0 aliphatic heterocycles. The van der Waals surface area contributed by atoms with Gasteiger partial charge in [0.2, 0.25) is 5.91 Å². The van der Waals surface area contributed by atoms with E-state index in [1.807, 2.05) is 26.2 Å². The van der Waals surface area contributed by atoms with E-state index in [4.69, 9.17) is 0 Å². The number of aromatic nitrogens is 4. The van der Waals surface area contributed by atoms with Crippen molar-refractivity contribution in [3.63, 3.8) is 0 Å². The van der Waals surface area contributed by atoms with Gasteiger partial charge in [-0.2, -0.15) is 10.2 Å². The van der Waals surface area contributed by atoms with Crippen LogP contribution in [0, 0.1) is 10.5 Å². The van der Waals surface area contributed by atoms with Gasteiger partial charge in [0.15, 0.2) is 0 Å². The van der Waals surface area contributed by atoms with Crippen molar-refractivity contribution in [3.05, 3.63) is 33.4 Å². The van der Waals surface area contributed by atoms with Gasteiger partial charge in [-0.15, -0.1) is 0 Å². The fourth-order valence-corrected chi connectivity index (χ4v) is 2.11. The summed E-state index contributed by atoms with van der Waals surface area (Å²) in [5.41, 5.74) is 1.98. The fourth-order valence-electron chi connectivity index (χ4n) is 1.68. The second-order valence-corrected chi connectivity index (χ2v) is 5.46. The molecule has 2 aromatic heterocycles. The van der Waals surface area contributed by atoms with E-state index >= 15 is 0 Å². The van der Waals surface area contributed by atoms with Gasteiger partial charge in [-0.3, -0.25) is 14.2 Å². The molecule has 0 fully saturated rings. The highest BCUT2D eigenvalue weighted by Crippen LogP contribution is 2.08. The van der Waals surface area contributed by atoms with Gasteiger partial charge in [-0.05, 0) is 35.6 Å². The number of aryl methyl sites for hydroxylation is 3. The summed E-state index contributed by atoms with van der Waals surface area (Å²) < 4.78 is 4.67. The van der Waals surface area contributed by atoms with Crippen molar-refractivity contribution in [3.8, 4) is 0 Å². The molecule has 0 aliphatic carbocycles. The molecule has 19 heavy (non-hydrogen) atoms. The number of nitrogens with one attached hydrogen (secondary N) is 1. The van der Waals surface area contributed by atoms with E-state index in [0.717, 1.165) is 15.0 Å². The van der Waals surface area contributed by atoms with E-state index < -0.39 is 0 Å². The molecule has 2 heterocycles. The lowest BCUT2D eigenvalue weighted by molar-refractivity contribution is -0.121. The molecule has 0 saturated carbocycles. The maximum Gasteiger partial charge on any atom is 0.222 e. The normalized spacial score (nSPS) is 10.7. The number of halogens is 1. The Labute approximate surface area is 125 Å². The minimum absolute atomic E-state index is 0.0179. The van der Waals surface area contributed by atoms with E-state index in [1.165, 1.54) is 0 Å². The van der Waals surface area contributed by atoms with Gasteiger partial charge in [-0.1, -0.05) is 0 Å². The van der Waals surface area contributed by atoms with Crippen molar-refractivity contribution in [2.45, 2.75) is 26.4 Å². The van der Waals surface area contributed by atoms with Gasteiger partial charge < -0.3 is 5.32 Å². The van der Waals surface area contributed by atoms with Crippen LogP contribution in [0.3, 0.4) is 0 Å². The Hall–Kier alpha value is -1.38. The van der Waals surface area contributed by atoms with Crippen molar-refractivity contribution in [2.75, 3.05) is 0 Å². The summed E-state index contributed by atoms with van der Waals surface area (Å²) in [7, 11) is 1.86. The average molecular weight is 373 g/mol. The molecule has 6 nitrogen and oxygen atoms in total. The minimum Gasteiger partial charge on any atom is -0.350 e. The highest BCUT2D eigenvalue weighted by atomic mass is 127. The number of hydrogen-bond acceptors (Lipinski definition) is 3. The third-order valence-electron chi connectivity index (χ3n) is 2.84. The van der Waals surface area contributed by atoms with E-state index in [1.54, 1.807) is 15.6 Å². The SMILES string of the molecule is Cc1nn(CCC(=O)NCc2ccnn2C)cc1I. The maximum atomic E-state index is 11.7. The van der Waals surface area contributed by atoms with Crippen molar-refractivity contribution >= 4 is 28.5 Å². The average Bonchev–Trinajstić information content (AvgIpc) is 2.91. The zero-order chi connectivity index (χ0) is 13.8. The van der Waals surface area contributed by atoms with Crippen LogP contribution in [0.15, 0.2) is 18.5 Å². The van der Waals surface area contributed by atoms with E-state index in [2.05, 4.69) is 38.1 Å². The Balaban J connectivity index is 1.77. The molecule has 2 rings (SSSR count). The monoisotopic (exact) mass is 373 g/mol. The summed E-state index contributed by atoms with van der Waals surface area (Å²) >= 11 is 2.24. The quantitative estimate of drug-likeness (QED) is 0.803. The lowest BCUT2D eigenvalue weighted by Gasteiger charge is -2.05. The highest BCUT2D eigenvalue weighted by molar-refractivity contribution is 14.1. The topological polar surface area (TPSA) is 64.7 Å². The molecule has 0 aliphatic rings. The molecule has 1 amide bonds. The molecular formula is C12H16IN5O. The smallest absolute Gasteiger partial charge is 0.222 e. The summed E-state index contributed by atoms with van der Waals surface area (Å²) in [4.78, 5) is 11.7. The second-order valence-electron chi connectivity index (χ2n) is 4.30. The van der Waals surface area contributed by atoms with Crippen LogP contribution in [0.5, 0.6) is 0 Å². The largest absolute Gasteiger partial charge is 0.350 e. The molecule has 0 bridgehead atoms. The first-order chi connectivity index (χ1) is 9.06. The molecule has 2 aromatic rings. The van der Waals surface area contributed by atoms with Crippen molar-refractivity contribution in [1.29, 1.82) is 0 Å². The van der Waals surface area contributed by atoms with Gasteiger partial charge in [-0.25, -0.2) is 0 Å². The number of carbonyl (C=O) groups excluding carboxylic acids is 1. The molecule has 0 unspecified atom stereocenters. The van der Waals surface area contributed by atoms with Crippen LogP contribution < -0.4 is 5.32 Å². The second kappa shape index (κ2) is 6.18. The van der Waals surface area contributed by atoms with Crippen molar-refractivity contribution < 1.29 is 4.79 Å².